The first-order chi connectivity index (χ1) is 20.6. The summed E-state index contributed by atoms with van der Waals surface area (Å²) in [4.78, 5) is 38.3. The first kappa shape index (κ1) is 27.3. The molecule has 2 aromatic heterocycles. The number of hydrogen-bond acceptors (Lipinski definition) is 7. The van der Waals surface area contributed by atoms with Gasteiger partial charge in [0.2, 0.25) is 0 Å². The molecule has 2 saturated heterocycles. The molecule has 218 valence electrons. The van der Waals surface area contributed by atoms with Gasteiger partial charge in [0.25, 0.3) is 5.91 Å². The number of pyridine rings is 1. The molecule has 0 radical (unpaired) electrons. The predicted octanol–water partition coefficient (Wildman–Crippen LogP) is 7.23. The number of rotatable bonds is 4. The summed E-state index contributed by atoms with van der Waals surface area (Å²) in [6, 6.07) is 18.1. The third-order valence-corrected chi connectivity index (χ3v) is 8.82. The largest absolute Gasteiger partial charge is 0.444 e. The van der Waals surface area contributed by atoms with E-state index >= 15 is 4.39 Å². The number of carbonyl (C=O) groups excluding carboxylic acids is 2. The summed E-state index contributed by atoms with van der Waals surface area (Å²) in [5.41, 5.74) is 6.08. The van der Waals surface area contributed by atoms with Crippen molar-refractivity contribution in [1.82, 2.24) is 19.8 Å². The maximum Gasteiger partial charge on any atom is 0.410 e. The van der Waals surface area contributed by atoms with Crippen LogP contribution in [0.2, 0.25) is 0 Å². The second-order valence-electron chi connectivity index (χ2n) is 12.1. The minimum Gasteiger partial charge on any atom is -0.444 e. The van der Waals surface area contributed by atoms with Gasteiger partial charge in [0.1, 0.15) is 11.4 Å². The maximum atomic E-state index is 15.5. The smallest absolute Gasteiger partial charge is 0.410 e. The molecule has 7 rings (SSSR count). The number of hydrogen-bond donors (Lipinski definition) is 1. The zero-order valence-corrected chi connectivity index (χ0v) is 24.8. The molecule has 0 saturated carbocycles. The van der Waals surface area contributed by atoms with Crippen LogP contribution < -0.4 is 5.32 Å². The number of nitrogens with zero attached hydrogens (tertiary/aromatic N) is 4. The second kappa shape index (κ2) is 10.3. The third-order valence-electron chi connectivity index (χ3n) is 8.01. The van der Waals surface area contributed by atoms with Gasteiger partial charge >= 0.3 is 6.09 Å². The van der Waals surface area contributed by atoms with Crippen LogP contribution in [0.3, 0.4) is 0 Å². The van der Waals surface area contributed by atoms with Gasteiger partial charge in [0, 0.05) is 47.2 Å². The highest BCUT2D eigenvalue weighted by Gasteiger charge is 2.48. The molecule has 2 bridgehead atoms. The fourth-order valence-corrected chi connectivity index (χ4v) is 6.68. The number of ether oxygens (including phenoxy) is 1. The summed E-state index contributed by atoms with van der Waals surface area (Å²) in [6.07, 6.45) is 2.07. The van der Waals surface area contributed by atoms with Gasteiger partial charge in [-0.3, -0.25) is 9.78 Å². The number of piperazine rings is 1. The van der Waals surface area contributed by atoms with Crippen LogP contribution in [0.25, 0.3) is 32.2 Å². The van der Waals surface area contributed by atoms with Crippen LogP contribution in [0.5, 0.6) is 0 Å². The Kier molecular flexibility index (Phi) is 6.54. The zero-order chi connectivity index (χ0) is 29.9. The molecule has 2 atom stereocenters. The molecule has 0 spiro atoms. The quantitative estimate of drug-likeness (QED) is 0.236. The molecular weight excluding hydrogens is 565 g/mol. The Morgan fingerprint density at radius 1 is 0.953 bits per heavy atom. The summed E-state index contributed by atoms with van der Waals surface area (Å²) >= 11 is 1.60. The molecule has 3 aromatic carbocycles. The standard InChI is InChI=1S/C33H30FN5O3S/c1-33(2,3)42-32(41)39-17-22-15-23(39)16-38(22)31(40)20-5-7-24(26(34)12-20)19-4-8-25-27(10-11-35-28(25)13-19)37-21-6-9-30-29(14-21)36-18-43-30/h4-14,18,22-23H,15-17H2,1-3H3,(H,35,37)/t22-,23-/m0/s1. The maximum absolute atomic E-state index is 15.5. The summed E-state index contributed by atoms with van der Waals surface area (Å²) in [6.45, 7) is 6.34. The lowest BCUT2D eigenvalue weighted by molar-refractivity contribution is 0.0126. The van der Waals surface area contributed by atoms with E-state index in [4.69, 9.17) is 4.74 Å². The van der Waals surface area contributed by atoms with Gasteiger partial charge in [-0.1, -0.05) is 18.2 Å². The van der Waals surface area contributed by atoms with Crippen LogP contribution in [-0.2, 0) is 4.74 Å². The number of aromatic nitrogens is 2. The van der Waals surface area contributed by atoms with Crippen molar-refractivity contribution in [2.24, 2.45) is 0 Å². The lowest BCUT2D eigenvalue weighted by Crippen LogP contribution is -2.51. The number of halogens is 1. The Bertz CT molecular complexity index is 1900. The Hall–Kier alpha value is -4.57. The average molecular weight is 596 g/mol. The van der Waals surface area contributed by atoms with Gasteiger partial charge in [-0.2, -0.15) is 0 Å². The van der Waals surface area contributed by atoms with E-state index in [-0.39, 0.29) is 24.1 Å². The molecule has 5 aromatic rings. The lowest BCUT2D eigenvalue weighted by Gasteiger charge is -2.35. The monoisotopic (exact) mass is 595 g/mol. The van der Waals surface area contributed by atoms with Crippen LogP contribution in [0.15, 0.2) is 72.4 Å². The van der Waals surface area contributed by atoms with Gasteiger partial charge in [-0.05, 0) is 75.2 Å². The van der Waals surface area contributed by atoms with Crippen LogP contribution in [0.4, 0.5) is 20.6 Å². The fourth-order valence-electron chi connectivity index (χ4n) is 6.02. The molecule has 8 nitrogen and oxygen atoms in total. The Balaban J connectivity index is 1.08. The summed E-state index contributed by atoms with van der Waals surface area (Å²) in [7, 11) is 0. The van der Waals surface area contributed by atoms with Gasteiger partial charge in [0.15, 0.2) is 0 Å². The highest BCUT2D eigenvalue weighted by atomic mass is 32.1. The van der Waals surface area contributed by atoms with Gasteiger partial charge in [-0.25, -0.2) is 14.2 Å². The van der Waals surface area contributed by atoms with E-state index in [1.54, 1.807) is 39.5 Å². The summed E-state index contributed by atoms with van der Waals surface area (Å²) in [5, 5.41) is 4.36. The number of amides is 2. The number of fused-ring (bicyclic) bond motifs is 4. The molecule has 2 aliphatic heterocycles. The minimum absolute atomic E-state index is 0.0902. The van der Waals surface area contributed by atoms with Crippen LogP contribution in [0.1, 0.15) is 37.6 Å². The number of anilines is 2. The van der Waals surface area contributed by atoms with Gasteiger partial charge < -0.3 is 19.9 Å². The molecule has 43 heavy (non-hydrogen) atoms. The number of nitrogens with one attached hydrogen (secondary N) is 1. The molecule has 4 heterocycles. The average Bonchev–Trinajstić information content (AvgIpc) is 3.72. The van der Waals surface area contributed by atoms with E-state index in [2.05, 4.69) is 15.3 Å². The van der Waals surface area contributed by atoms with E-state index < -0.39 is 11.4 Å². The van der Waals surface area contributed by atoms with Crippen LogP contribution >= 0.6 is 11.3 Å². The third kappa shape index (κ3) is 5.16. The predicted molar refractivity (Wildman–Crippen MR) is 166 cm³/mol. The van der Waals surface area contributed by atoms with Crippen molar-refractivity contribution in [3.63, 3.8) is 0 Å². The molecule has 1 N–H and O–H groups in total. The van der Waals surface area contributed by atoms with Crippen molar-refractivity contribution in [2.45, 2.75) is 44.9 Å². The Morgan fingerprint density at radius 2 is 1.77 bits per heavy atom. The molecule has 0 unspecified atom stereocenters. The topological polar surface area (TPSA) is 87.7 Å². The van der Waals surface area contributed by atoms with E-state index in [1.165, 1.54) is 6.07 Å². The number of likely N-dealkylation sites (tertiary alicyclic amines) is 2. The number of benzene rings is 3. The van der Waals surface area contributed by atoms with Crippen molar-refractivity contribution in [2.75, 3.05) is 18.4 Å². The van der Waals surface area contributed by atoms with E-state index in [1.807, 2.05) is 68.7 Å². The molecule has 2 fully saturated rings. The van der Waals surface area contributed by atoms with Gasteiger partial charge in [0.05, 0.1) is 33.3 Å². The number of carbonyl (C=O) groups is 2. The molecular formula is C33H30FN5O3S. The summed E-state index contributed by atoms with van der Waals surface area (Å²) < 4.78 is 22.1. The van der Waals surface area contributed by atoms with E-state index in [0.29, 0.717) is 36.2 Å². The van der Waals surface area contributed by atoms with Crippen molar-refractivity contribution in [3.05, 3.63) is 83.8 Å². The van der Waals surface area contributed by atoms with Gasteiger partial charge in [-0.15, -0.1) is 11.3 Å². The van der Waals surface area contributed by atoms with Crippen molar-refractivity contribution in [3.8, 4) is 11.1 Å². The van der Waals surface area contributed by atoms with Crippen LogP contribution in [0, 0.1) is 5.82 Å². The Morgan fingerprint density at radius 3 is 2.53 bits per heavy atom. The first-order valence-corrected chi connectivity index (χ1v) is 15.1. The molecule has 2 amide bonds. The highest BCUT2D eigenvalue weighted by Crippen LogP contribution is 2.35. The molecule has 10 heteroatoms. The second-order valence-corrected chi connectivity index (χ2v) is 13.0. The first-order valence-electron chi connectivity index (χ1n) is 14.2. The molecule has 0 aliphatic carbocycles. The number of thiazole rings is 1. The minimum atomic E-state index is -0.578. The van der Waals surface area contributed by atoms with Crippen LogP contribution in [-0.4, -0.2) is 62.5 Å². The molecule has 2 aliphatic rings. The normalized spacial score (nSPS) is 18.0. The zero-order valence-electron chi connectivity index (χ0n) is 24.0. The van der Waals surface area contributed by atoms with Crippen molar-refractivity contribution < 1.29 is 18.7 Å². The fraction of sp³-hybridized carbons (Fsp3) is 0.273. The van der Waals surface area contributed by atoms with E-state index in [9.17, 15) is 9.59 Å². The lowest BCUT2D eigenvalue weighted by atomic mass is 10.0. The Labute approximate surface area is 252 Å². The highest BCUT2D eigenvalue weighted by molar-refractivity contribution is 7.16. The van der Waals surface area contributed by atoms with Crippen molar-refractivity contribution in [1.29, 1.82) is 0 Å². The van der Waals surface area contributed by atoms with E-state index in [0.717, 1.165) is 32.5 Å². The van der Waals surface area contributed by atoms with Crippen molar-refractivity contribution >= 4 is 55.8 Å². The summed E-state index contributed by atoms with van der Waals surface area (Å²) in [5.74, 6) is -0.704. The SMILES string of the molecule is CC(C)(C)OC(=O)N1C[C@@H]2C[C@H]1CN2C(=O)c1ccc(-c2ccc3c(Nc4ccc5scnc5c4)ccnc3c2)c(F)c1.